The summed E-state index contributed by atoms with van der Waals surface area (Å²) >= 11 is 0. The molecule has 0 aromatic heterocycles. The van der Waals surface area contributed by atoms with E-state index in [1.54, 1.807) is 24.3 Å². The van der Waals surface area contributed by atoms with Gasteiger partial charge in [-0.3, -0.25) is 4.79 Å². The lowest BCUT2D eigenvalue weighted by Gasteiger charge is -2.07. The zero-order valence-corrected chi connectivity index (χ0v) is 11.4. The number of benzene rings is 1. The molecule has 19 heavy (non-hydrogen) atoms. The fourth-order valence-electron chi connectivity index (χ4n) is 1.39. The van der Waals surface area contributed by atoms with E-state index >= 15 is 0 Å². The average Bonchev–Trinajstić information content (AvgIpc) is 2.31. The van der Waals surface area contributed by atoms with E-state index in [2.05, 4.69) is 5.32 Å². The molecule has 0 aliphatic carbocycles. The van der Waals surface area contributed by atoms with Gasteiger partial charge in [0.25, 0.3) is 0 Å². The standard InChI is InChI=1S/C12H16FNO4S/c1-2-18-11-5-3-10(4-6-11)14-12(15)9-19(16,17)8-7-13/h3-6H,2,7-9H2,1H3,(H,14,15). The van der Waals surface area contributed by atoms with Crippen LogP contribution in [-0.4, -0.2) is 39.1 Å². The van der Waals surface area contributed by atoms with Crippen LogP contribution >= 0.6 is 0 Å². The topological polar surface area (TPSA) is 72.5 Å². The monoisotopic (exact) mass is 289 g/mol. The quantitative estimate of drug-likeness (QED) is 0.823. The minimum absolute atomic E-state index is 0.462. The van der Waals surface area contributed by atoms with Crippen LogP contribution in [0.25, 0.3) is 0 Å². The van der Waals surface area contributed by atoms with Gasteiger partial charge in [0.2, 0.25) is 5.91 Å². The summed E-state index contributed by atoms with van der Waals surface area (Å²) in [6.45, 7) is 1.40. The molecule has 1 amide bonds. The summed E-state index contributed by atoms with van der Waals surface area (Å²) in [5.41, 5.74) is 0.462. The van der Waals surface area contributed by atoms with Gasteiger partial charge in [-0.2, -0.15) is 0 Å². The molecule has 0 aliphatic rings. The van der Waals surface area contributed by atoms with E-state index < -0.39 is 33.9 Å². The molecule has 0 spiro atoms. The Morgan fingerprint density at radius 3 is 2.47 bits per heavy atom. The molecule has 0 aliphatic heterocycles. The largest absolute Gasteiger partial charge is 0.494 e. The number of hydrogen-bond acceptors (Lipinski definition) is 4. The molecule has 106 valence electrons. The SMILES string of the molecule is CCOc1ccc(NC(=O)CS(=O)(=O)CCF)cc1. The lowest BCUT2D eigenvalue weighted by molar-refractivity contribution is -0.113. The van der Waals surface area contributed by atoms with Gasteiger partial charge < -0.3 is 10.1 Å². The van der Waals surface area contributed by atoms with Crippen molar-refractivity contribution in [2.75, 3.05) is 30.1 Å². The van der Waals surface area contributed by atoms with Crippen molar-refractivity contribution >= 4 is 21.4 Å². The molecule has 1 rings (SSSR count). The number of alkyl halides is 1. The summed E-state index contributed by atoms with van der Waals surface area (Å²) in [7, 11) is -3.68. The molecule has 0 heterocycles. The molecule has 5 nitrogen and oxygen atoms in total. The summed E-state index contributed by atoms with van der Waals surface area (Å²) in [5, 5.41) is 2.43. The molecular formula is C12H16FNO4S. The number of sulfone groups is 1. The Morgan fingerprint density at radius 1 is 1.32 bits per heavy atom. The highest BCUT2D eigenvalue weighted by atomic mass is 32.2. The third-order valence-corrected chi connectivity index (χ3v) is 3.67. The van der Waals surface area contributed by atoms with Crippen LogP contribution in [0.2, 0.25) is 0 Å². The first-order valence-electron chi connectivity index (χ1n) is 5.76. The summed E-state index contributed by atoms with van der Waals surface area (Å²) < 4.78 is 39.7. The molecule has 1 N–H and O–H groups in total. The van der Waals surface area contributed by atoms with Crippen LogP contribution in [0.15, 0.2) is 24.3 Å². The highest BCUT2D eigenvalue weighted by molar-refractivity contribution is 7.92. The molecule has 0 atom stereocenters. The Bertz CT molecular complexity index is 513. The number of nitrogens with one attached hydrogen (secondary N) is 1. The number of ether oxygens (including phenoxy) is 1. The zero-order valence-electron chi connectivity index (χ0n) is 10.6. The lowest BCUT2D eigenvalue weighted by atomic mass is 10.3. The van der Waals surface area contributed by atoms with E-state index in [4.69, 9.17) is 4.74 Å². The summed E-state index contributed by atoms with van der Waals surface area (Å²) in [4.78, 5) is 11.5. The normalized spacial score (nSPS) is 11.1. The number of anilines is 1. The second-order valence-corrected chi connectivity index (χ2v) is 5.97. The minimum atomic E-state index is -3.68. The summed E-state index contributed by atoms with van der Waals surface area (Å²) in [5.74, 6) is -1.38. The van der Waals surface area contributed by atoms with Crippen LogP contribution in [0, 0.1) is 0 Å². The predicted molar refractivity (Wildman–Crippen MR) is 70.9 cm³/mol. The van der Waals surface area contributed by atoms with Gasteiger partial charge in [0.15, 0.2) is 9.84 Å². The molecule has 1 aromatic carbocycles. The molecule has 7 heteroatoms. The molecule has 0 saturated carbocycles. The molecule has 1 aromatic rings. The van der Waals surface area contributed by atoms with Crippen molar-refractivity contribution in [1.29, 1.82) is 0 Å². The van der Waals surface area contributed by atoms with Gasteiger partial charge in [0, 0.05) is 5.69 Å². The fraction of sp³-hybridized carbons (Fsp3) is 0.417. The summed E-state index contributed by atoms with van der Waals surface area (Å²) in [6, 6.07) is 6.53. The van der Waals surface area contributed by atoms with Gasteiger partial charge in [-0.1, -0.05) is 0 Å². The maximum absolute atomic E-state index is 12.0. The Morgan fingerprint density at radius 2 is 1.95 bits per heavy atom. The van der Waals surface area contributed by atoms with Crippen LogP contribution < -0.4 is 10.1 Å². The maximum atomic E-state index is 12.0. The highest BCUT2D eigenvalue weighted by Crippen LogP contribution is 2.15. The highest BCUT2D eigenvalue weighted by Gasteiger charge is 2.16. The second-order valence-electron chi connectivity index (χ2n) is 3.79. The van der Waals surface area contributed by atoms with Crippen LogP contribution in [0.5, 0.6) is 5.75 Å². The molecule has 0 saturated heterocycles. The smallest absolute Gasteiger partial charge is 0.239 e. The second kappa shape index (κ2) is 7.08. The van der Waals surface area contributed by atoms with Crippen LogP contribution in [0.3, 0.4) is 0 Å². The molecular weight excluding hydrogens is 273 g/mol. The number of hydrogen-bond donors (Lipinski definition) is 1. The van der Waals surface area contributed by atoms with Crippen molar-refractivity contribution in [3.8, 4) is 5.75 Å². The van der Waals surface area contributed by atoms with Crippen LogP contribution in [0.4, 0.5) is 10.1 Å². The van der Waals surface area contributed by atoms with Gasteiger partial charge in [0.1, 0.15) is 18.2 Å². The number of halogens is 1. The third-order valence-electron chi connectivity index (χ3n) is 2.19. The molecule has 0 unspecified atom stereocenters. The van der Waals surface area contributed by atoms with E-state index in [-0.39, 0.29) is 0 Å². The Kier molecular flexibility index (Phi) is 5.75. The number of amides is 1. The van der Waals surface area contributed by atoms with Gasteiger partial charge in [0.05, 0.1) is 12.4 Å². The first kappa shape index (κ1) is 15.4. The van der Waals surface area contributed by atoms with Crippen molar-refractivity contribution in [2.45, 2.75) is 6.92 Å². The van der Waals surface area contributed by atoms with Gasteiger partial charge in [-0.15, -0.1) is 0 Å². The van der Waals surface area contributed by atoms with Gasteiger partial charge in [-0.25, -0.2) is 12.8 Å². The zero-order chi connectivity index (χ0) is 14.3. The van der Waals surface area contributed by atoms with Crippen molar-refractivity contribution in [1.82, 2.24) is 0 Å². The van der Waals surface area contributed by atoms with E-state index in [1.165, 1.54) is 0 Å². The first-order valence-corrected chi connectivity index (χ1v) is 7.58. The van der Waals surface area contributed by atoms with E-state index in [0.717, 1.165) is 0 Å². The Hall–Kier alpha value is -1.63. The lowest BCUT2D eigenvalue weighted by Crippen LogP contribution is -2.25. The van der Waals surface area contributed by atoms with Crippen molar-refractivity contribution < 1.29 is 22.3 Å². The maximum Gasteiger partial charge on any atom is 0.239 e. The van der Waals surface area contributed by atoms with Crippen molar-refractivity contribution in [2.24, 2.45) is 0 Å². The fourth-order valence-corrected chi connectivity index (χ4v) is 2.24. The number of carbonyl (C=O) groups excluding carboxylic acids is 1. The van der Waals surface area contributed by atoms with Crippen molar-refractivity contribution in [3.63, 3.8) is 0 Å². The van der Waals surface area contributed by atoms with Gasteiger partial charge in [-0.05, 0) is 31.2 Å². The summed E-state index contributed by atoms with van der Waals surface area (Å²) in [6.07, 6.45) is 0. The minimum Gasteiger partial charge on any atom is -0.494 e. The molecule has 0 fully saturated rings. The number of rotatable bonds is 7. The van der Waals surface area contributed by atoms with E-state index in [9.17, 15) is 17.6 Å². The number of carbonyl (C=O) groups is 1. The van der Waals surface area contributed by atoms with Gasteiger partial charge >= 0.3 is 0 Å². The molecule has 0 radical (unpaired) electrons. The Labute approximate surface area is 111 Å². The first-order chi connectivity index (χ1) is 8.96. The Balaban J connectivity index is 2.57. The van der Waals surface area contributed by atoms with Crippen LogP contribution in [-0.2, 0) is 14.6 Å². The van der Waals surface area contributed by atoms with Crippen molar-refractivity contribution in [3.05, 3.63) is 24.3 Å². The van der Waals surface area contributed by atoms with Crippen LogP contribution in [0.1, 0.15) is 6.92 Å². The molecule has 0 bridgehead atoms. The van der Waals surface area contributed by atoms with E-state index in [0.29, 0.717) is 18.0 Å². The average molecular weight is 289 g/mol. The van der Waals surface area contributed by atoms with E-state index in [1.807, 2.05) is 6.92 Å². The predicted octanol–water partition coefficient (Wildman–Crippen LogP) is 1.41. The third kappa shape index (κ3) is 5.69.